The van der Waals surface area contributed by atoms with Crippen molar-refractivity contribution in [2.45, 2.75) is 37.3 Å². The molecule has 1 aliphatic carbocycles. The van der Waals surface area contributed by atoms with Crippen molar-refractivity contribution >= 4 is 11.8 Å². The first-order chi connectivity index (χ1) is 14.2. The van der Waals surface area contributed by atoms with Crippen LogP contribution < -0.4 is 0 Å². The highest BCUT2D eigenvalue weighted by molar-refractivity contribution is 5.88. The molecule has 6 heteroatoms. The molecule has 2 amide bonds. The minimum absolute atomic E-state index is 0.0448. The molecule has 6 nitrogen and oxygen atoms in total. The van der Waals surface area contributed by atoms with E-state index in [9.17, 15) is 14.7 Å². The van der Waals surface area contributed by atoms with Crippen molar-refractivity contribution < 1.29 is 14.7 Å². The Morgan fingerprint density at radius 2 is 1.93 bits per heavy atom. The Morgan fingerprint density at radius 3 is 2.59 bits per heavy atom. The number of aromatic nitrogens is 1. The second-order valence-corrected chi connectivity index (χ2v) is 8.43. The molecule has 5 rings (SSSR count). The summed E-state index contributed by atoms with van der Waals surface area (Å²) in [6, 6.07) is 11.9. The third kappa shape index (κ3) is 3.31. The highest BCUT2D eigenvalue weighted by Crippen LogP contribution is 2.43. The Bertz CT molecular complexity index is 911. The standard InChI is InChI=1S/C23H25N3O3/c27-14-20-23(17-7-5-16(6-8-17)18-2-1-9-24-11-18)19-12-25(13-22(29)26(19)20)21(28)10-15-3-4-15/h1-2,5-9,11,15,19-20,23,27H,3-4,10,12-14H2/t19-,20-,23-/m1/s1. The van der Waals surface area contributed by atoms with Gasteiger partial charge in [-0.05, 0) is 41.5 Å². The number of benzene rings is 1. The van der Waals surface area contributed by atoms with Gasteiger partial charge in [-0.3, -0.25) is 14.6 Å². The molecule has 2 aromatic rings. The Balaban J connectivity index is 1.36. The van der Waals surface area contributed by atoms with Crippen molar-refractivity contribution in [1.82, 2.24) is 14.8 Å². The van der Waals surface area contributed by atoms with Gasteiger partial charge in [0, 0.05) is 31.3 Å². The number of amides is 2. The summed E-state index contributed by atoms with van der Waals surface area (Å²) < 4.78 is 0. The summed E-state index contributed by atoms with van der Waals surface area (Å²) in [5.74, 6) is 0.604. The first-order valence-corrected chi connectivity index (χ1v) is 10.4. The number of aliphatic hydroxyl groups is 1. The summed E-state index contributed by atoms with van der Waals surface area (Å²) in [6.07, 6.45) is 6.40. The van der Waals surface area contributed by atoms with Crippen molar-refractivity contribution in [3.05, 3.63) is 54.4 Å². The van der Waals surface area contributed by atoms with Gasteiger partial charge >= 0.3 is 0 Å². The van der Waals surface area contributed by atoms with E-state index in [0.29, 0.717) is 18.9 Å². The smallest absolute Gasteiger partial charge is 0.242 e. The maximum Gasteiger partial charge on any atom is 0.242 e. The van der Waals surface area contributed by atoms with Gasteiger partial charge in [-0.1, -0.05) is 30.3 Å². The van der Waals surface area contributed by atoms with E-state index in [1.807, 2.05) is 18.3 Å². The molecule has 1 aromatic carbocycles. The quantitative estimate of drug-likeness (QED) is 0.847. The van der Waals surface area contributed by atoms with E-state index in [2.05, 4.69) is 29.2 Å². The van der Waals surface area contributed by atoms with Gasteiger partial charge in [0.05, 0.1) is 25.2 Å². The van der Waals surface area contributed by atoms with Gasteiger partial charge in [0.25, 0.3) is 0 Å². The molecule has 0 radical (unpaired) electrons. The second-order valence-electron chi connectivity index (χ2n) is 8.43. The Hall–Kier alpha value is -2.73. The molecular weight excluding hydrogens is 366 g/mol. The lowest BCUT2D eigenvalue weighted by atomic mass is 9.73. The predicted molar refractivity (Wildman–Crippen MR) is 108 cm³/mol. The molecule has 0 bridgehead atoms. The van der Waals surface area contributed by atoms with E-state index in [4.69, 9.17) is 0 Å². The highest BCUT2D eigenvalue weighted by Gasteiger charge is 2.54. The molecule has 1 aromatic heterocycles. The summed E-state index contributed by atoms with van der Waals surface area (Å²) >= 11 is 0. The van der Waals surface area contributed by atoms with Crippen molar-refractivity contribution in [2.24, 2.45) is 5.92 Å². The summed E-state index contributed by atoms with van der Waals surface area (Å²) in [5, 5.41) is 9.93. The monoisotopic (exact) mass is 391 g/mol. The predicted octanol–water partition coefficient (Wildman–Crippen LogP) is 2.05. The van der Waals surface area contributed by atoms with E-state index >= 15 is 0 Å². The largest absolute Gasteiger partial charge is 0.394 e. The van der Waals surface area contributed by atoms with Crippen LogP contribution in [0.3, 0.4) is 0 Å². The summed E-state index contributed by atoms with van der Waals surface area (Å²) in [5.41, 5.74) is 3.24. The third-order valence-electron chi connectivity index (χ3n) is 6.56. The summed E-state index contributed by atoms with van der Waals surface area (Å²) in [7, 11) is 0. The fraction of sp³-hybridized carbons (Fsp3) is 0.435. The minimum atomic E-state index is -0.211. The maximum atomic E-state index is 12.7. The third-order valence-corrected chi connectivity index (χ3v) is 6.56. The van der Waals surface area contributed by atoms with Gasteiger partial charge in [-0.25, -0.2) is 0 Å². The van der Waals surface area contributed by atoms with Crippen LogP contribution in [0.5, 0.6) is 0 Å². The van der Waals surface area contributed by atoms with E-state index < -0.39 is 0 Å². The number of carbonyl (C=O) groups is 2. The Morgan fingerprint density at radius 1 is 1.14 bits per heavy atom. The normalized spacial score (nSPS) is 26.1. The van der Waals surface area contributed by atoms with Crippen LogP contribution in [0.15, 0.2) is 48.8 Å². The molecule has 1 saturated carbocycles. The van der Waals surface area contributed by atoms with E-state index in [-0.39, 0.29) is 43.0 Å². The lowest BCUT2D eigenvalue weighted by Crippen LogP contribution is -2.73. The van der Waals surface area contributed by atoms with Crippen molar-refractivity contribution in [3.8, 4) is 11.1 Å². The van der Waals surface area contributed by atoms with Crippen LogP contribution in [0, 0.1) is 5.92 Å². The topological polar surface area (TPSA) is 73.7 Å². The number of piperazine rings is 1. The van der Waals surface area contributed by atoms with E-state index in [1.54, 1.807) is 16.0 Å². The van der Waals surface area contributed by atoms with Crippen LogP contribution in [-0.2, 0) is 9.59 Å². The molecular formula is C23H25N3O3. The van der Waals surface area contributed by atoms with Crippen LogP contribution in [0.25, 0.3) is 11.1 Å². The number of aliphatic hydroxyl groups excluding tert-OH is 1. The number of rotatable bonds is 5. The maximum absolute atomic E-state index is 12.7. The highest BCUT2D eigenvalue weighted by atomic mass is 16.3. The number of pyridine rings is 1. The molecule has 150 valence electrons. The molecule has 2 saturated heterocycles. The summed E-state index contributed by atoms with van der Waals surface area (Å²) in [6.45, 7) is 0.640. The number of nitrogens with zero attached hydrogens (tertiary/aromatic N) is 3. The average molecular weight is 391 g/mol. The SMILES string of the molecule is O=C(CC1CC1)N1CC(=O)N2[C@H](CO)[C@H](c3ccc(-c4cccnc4)cc3)[C@H]2C1. The van der Waals surface area contributed by atoms with Crippen LogP contribution in [0.4, 0.5) is 0 Å². The van der Waals surface area contributed by atoms with Gasteiger partial charge in [0.2, 0.25) is 11.8 Å². The molecule has 2 aliphatic heterocycles. The second kappa shape index (κ2) is 7.26. The number of hydrogen-bond acceptors (Lipinski definition) is 4. The first kappa shape index (κ1) is 18.3. The molecule has 29 heavy (non-hydrogen) atoms. The fourth-order valence-electron chi connectivity index (χ4n) is 4.82. The van der Waals surface area contributed by atoms with Crippen LogP contribution in [-0.4, -0.2) is 63.5 Å². The zero-order valence-corrected chi connectivity index (χ0v) is 16.3. The van der Waals surface area contributed by atoms with Gasteiger partial charge in [-0.2, -0.15) is 0 Å². The molecule has 3 atom stereocenters. The lowest BCUT2D eigenvalue weighted by molar-refractivity contribution is -0.167. The Labute approximate surface area is 170 Å². The van der Waals surface area contributed by atoms with Gasteiger partial charge in [-0.15, -0.1) is 0 Å². The van der Waals surface area contributed by atoms with Crippen LogP contribution in [0.2, 0.25) is 0 Å². The van der Waals surface area contributed by atoms with Gasteiger partial charge < -0.3 is 14.9 Å². The first-order valence-electron chi connectivity index (χ1n) is 10.4. The van der Waals surface area contributed by atoms with Gasteiger partial charge in [0.15, 0.2) is 0 Å². The van der Waals surface area contributed by atoms with Crippen molar-refractivity contribution in [3.63, 3.8) is 0 Å². The molecule has 3 heterocycles. The lowest BCUT2D eigenvalue weighted by Gasteiger charge is -2.58. The zero-order chi connectivity index (χ0) is 20.0. The number of carbonyl (C=O) groups excluding carboxylic acids is 2. The molecule has 0 spiro atoms. The van der Waals surface area contributed by atoms with Gasteiger partial charge in [0.1, 0.15) is 0 Å². The van der Waals surface area contributed by atoms with E-state index in [0.717, 1.165) is 29.5 Å². The summed E-state index contributed by atoms with van der Waals surface area (Å²) in [4.78, 5) is 32.9. The molecule has 1 N–H and O–H groups in total. The molecule has 3 aliphatic rings. The van der Waals surface area contributed by atoms with Crippen LogP contribution >= 0.6 is 0 Å². The zero-order valence-electron chi connectivity index (χ0n) is 16.3. The molecule has 3 fully saturated rings. The van der Waals surface area contributed by atoms with E-state index in [1.165, 1.54) is 0 Å². The molecule has 0 unspecified atom stereocenters. The number of fused-ring (bicyclic) bond motifs is 1. The fourth-order valence-corrected chi connectivity index (χ4v) is 4.82. The van der Waals surface area contributed by atoms with Crippen LogP contribution in [0.1, 0.15) is 30.7 Å². The number of hydrogen-bond donors (Lipinski definition) is 1. The Kier molecular flexibility index (Phi) is 4.59. The minimum Gasteiger partial charge on any atom is -0.394 e. The van der Waals surface area contributed by atoms with Crippen molar-refractivity contribution in [1.29, 1.82) is 0 Å². The van der Waals surface area contributed by atoms with Crippen molar-refractivity contribution in [2.75, 3.05) is 19.7 Å². The average Bonchev–Trinajstić information content (AvgIpc) is 3.54.